The monoisotopic (exact) mass is 338 g/mol. The molecule has 2 amide bonds. The Morgan fingerprint density at radius 3 is 2.67 bits per heavy atom. The predicted molar refractivity (Wildman–Crippen MR) is 86.5 cm³/mol. The van der Waals surface area contributed by atoms with Crippen LogP contribution in [0.15, 0.2) is 12.1 Å². The summed E-state index contributed by atoms with van der Waals surface area (Å²) in [4.78, 5) is 25.7. The molecule has 0 saturated carbocycles. The van der Waals surface area contributed by atoms with Crippen molar-refractivity contribution in [3.63, 3.8) is 0 Å². The molecule has 0 radical (unpaired) electrons. The molecule has 0 bridgehead atoms. The Morgan fingerprint density at radius 2 is 2.04 bits per heavy atom. The van der Waals surface area contributed by atoms with E-state index >= 15 is 0 Å². The zero-order chi connectivity index (χ0) is 18.1. The lowest BCUT2D eigenvalue weighted by Gasteiger charge is -2.22. The zero-order valence-corrected chi connectivity index (χ0v) is 14.4. The number of halogens is 1. The second kappa shape index (κ2) is 6.67. The molecule has 1 atom stereocenters. The molecule has 1 heterocycles. The van der Waals surface area contributed by atoms with Gasteiger partial charge in [-0.2, -0.15) is 0 Å². The zero-order valence-electron chi connectivity index (χ0n) is 14.4. The van der Waals surface area contributed by atoms with E-state index in [-0.39, 0.29) is 23.9 Å². The first-order valence-electron chi connectivity index (χ1n) is 7.85. The molecule has 1 unspecified atom stereocenters. The van der Waals surface area contributed by atoms with Crippen LogP contribution in [0.1, 0.15) is 43.1 Å². The molecule has 1 aromatic rings. The Labute approximate surface area is 140 Å². The van der Waals surface area contributed by atoms with E-state index in [0.29, 0.717) is 18.5 Å². The van der Waals surface area contributed by atoms with Crippen LogP contribution in [0.4, 0.5) is 9.18 Å². The van der Waals surface area contributed by atoms with Crippen molar-refractivity contribution in [3.8, 4) is 5.75 Å². The van der Waals surface area contributed by atoms with E-state index in [1.165, 1.54) is 11.0 Å². The number of alkyl carbamates (subject to hydrolysis) is 1. The number of nitrogens with one attached hydrogen (secondary N) is 1. The van der Waals surface area contributed by atoms with Crippen molar-refractivity contribution < 1.29 is 23.8 Å². The van der Waals surface area contributed by atoms with Crippen LogP contribution in [0.5, 0.6) is 5.75 Å². The smallest absolute Gasteiger partial charge is 0.407 e. The van der Waals surface area contributed by atoms with Gasteiger partial charge in [0.1, 0.15) is 17.2 Å². The second-order valence-corrected chi connectivity index (χ2v) is 7.00. The van der Waals surface area contributed by atoms with Crippen LogP contribution >= 0.6 is 0 Å². The van der Waals surface area contributed by atoms with Gasteiger partial charge in [-0.3, -0.25) is 4.79 Å². The second-order valence-electron chi connectivity index (χ2n) is 7.00. The number of benzene rings is 1. The van der Waals surface area contributed by atoms with E-state index in [0.717, 1.165) is 6.07 Å². The quantitative estimate of drug-likeness (QED) is 0.869. The molecule has 0 aliphatic carbocycles. The minimum atomic E-state index is -0.758. The van der Waals surface area contributed by atoms with Crippen molar-refractivity contribution in [2.45, 2.75) is 45.8 Å². The van der Waals surface area contributed by atoms with Crippen molar-refractivity contribution in [3.05, 3.63) is 29.1 Å². The molecule has 2 rings (SSSR count). The van der Waals surface area contributed by atoms with Gasteiger partial charge in [0.25, 0.3) is 5.91 Å². The Bertz CT molecular complexity index is 655. The number of aromatic hydroxyl groups is 1. The Hall–Kier alpha value is -2.31. The summed E-state index contributed by atoms with van der Waals surface area (Å²) in [5.41, 5.74) is -0.240. The van der Waals surface area contributed by atoms with Gasteiger partial charge in [0.15, 0.2) is 0 Å². The molecule has 24 heavy (non-hydrogen) atoms. The third kappa shape index (κ3) is 4.37. The summed E-state index contributed by atoms with van der Waals surface area (Å²) in [7, 11) is 0. The summed E-state index contributed by atoms with van der Waals surface area (Å²) in [6.45, 7) is 7.62. The normalized spacial score (nSPS) is 17.7. The lowest BCUT2D eigenvalue weighted by molar-refractivity contribution is 0.0502. The minimum absolute atomic E-state index is 0.0804. The van der Waals surface area contributed by atoms with Crippen molar-refractivity contribution in [1.29, 1.82) is 0 Å². The molecule has 1 saturated heterocycles. The molecule has 1 aromatic carbocycles. The van der Waals surface area contributed by atoms with Gasteiger partial charge >= 0.3 is 6.09 Å². The van der Waals surface area contributed by atoms with Gasteiger partial charge in [0, 0.05) is 19.2 Å². The molecule has 6 nitrogen and oxygen atoms in total. The van der Waals surface area contributed by atoms with Crippen LogP contribution in [0.2, 0.25) is 0 Å². The standard InChI is InChI=1S/C17H23FN2O4/c1-10-7-12(13(18)8-14(10)21)15(22)20-6-5-11(9-20)19-16(23)24-17(2,3)4/h7-8,11,21H,5-6,9H2,1-4H3,(H,19,23). The van der Waals surface area contributed by atoms with E-state index in [1.807, 2.05) is 0 Å². The Kier molecular flexibility index (Phi) is 5.01. The number of carbonyl (C=O) groups is 2. The van der Waals surface area contributed by atoms with Gasteiger partial charge in [-0.25, -0.2) is 9.18 Å². The van der Waals surface area contributed by atoms with Gasteiger partial charge in [-0.05, 0) is 45.7 Å². The number of ether oxygens (including phenoxy) is 1. The van der Waals surface area contributed by atoms with Crippen LogP contribution in [-0.4, -0.2) is 46.7 Å². The highest BCUT2D eigenvalue weighted by Gasteiger charge is 2.30. The third-order valence-corrected chi connectivity index (χ3v) is 3.71. The highest BCUT2D eigenvalue weighted by Crippen LogP contribution is 2.23. The largest absolute Gasteiger partial charge is 0.508 e. The fraction of sp³-hybridized carbons (Fsp3) is 0.529. The van der Waals surface area contributed by atoms with E-state index in [9.17, 15) is 19.1 Å². The summed E-state index contributed by atoms with van der Waals surface area (Å²) in [5, 5.41) is 12.2. The third-order valence-electron chi connectivity index (χ3n) is 3.71. The first kappa shape index (κ1) is 18.0. The van der Waals surface area contributed by atoms with Crippen molar-refractivity contribution >= 4 is 12.0 Å². The number of hydrogen-bond acceptors (Lipinski definition) is 4. The van der Waals surface area contributed by atoms with Gasteiger partial charge in [-0.15, -0.1) is 0 Å². The van der Waals surface area contributed by atoms with Crippen LogP contribution in [-0.2, 0) is 4.74 Å². The van der Waals surface area contributed by atoms with Crippen LogP contribution in [0.3, 0.4) is 0 Å². The molecule has 2 N–H and O–H groups in total. The van der Waals surface area contributed by atoms with Gasteiger partial charge in [0.05, 0.1) is 11.6 Å². The van der Waals surface area contributed by atoms with Gasteiger partial charge in [0.2, 0.25) is 0 Å². The molecular weight excluding hydrogens is 315 g/mol. The predicted octanol–water partition coefficient (Wildman–Crippen LogP) is 2.58. The van der Waals surface area contributed by atoms with E-state index in [2.05, 4.69) is 5.32 Å². The summed E-state index contributed by atoms with van der Waals surface area (Å²) in [6, 6.07) is 2.04. The number of phenols is 1. The fourth-order valence-electron chi connectivity index (χ4n) is 2.54. The molecule has 132 valence electrons. The van der Waals surface area contributed by atoms with Crippen molar-refractivity contribution in [2.75, 3.05) is 13.1 Å². The lowest BCUT2D eigenvalue weighted by Crippen LogP contribution is -2.41. The maximum atomic E-state index is 13.9. The Morgan fingerprint density at radius 1 is 1.38 bits per heavy atom. The molecule has 1 aliphatic rings. The summed E-state index contributed by atoms with van der Waals surface area (Å²) < 4.78 is 19.1. The van der Waals surface area contributed by atoms with Crippen molar-refractivity contribution in [2.24, 2.45) is 0 Å². The van der Waals surface area contributed by atoms with Gasteiger partial charge < -0.3 is 20.1 Å². The molecule has 0 spiro atoms. The minimum Gasteiger partial charge on any atom is -0.508 e. The number of aryl methyl sites for hydroxylation is 1. The molecule has 0 aromatic heterocycles. The molecular formula is C17H23FN2O4. The maximum absolute atomic E-state index is 13.9. The average Bonchev–Trinajstić information content (AvgIpc) is 2.88. The Balaban J connectivity index is 1.99. The number of phenolic OH excluding ortho intramolecular Hbond substituents is 1. The summed E-state index contributed by atoms with van der Waals surface area (Å²) >= 11 is 0. The molecule has 1 fully saturated rings. The highest BCUT2D eigenvalue weighted by atomic mass is 19.1. The van der Waals surface area contributed by atoms with Crippen LogP contribution in [0, 0.1) is 12.7 Å². The SMILES string of the molecule is Cc1cc(C(=O)N2CCC(NC(=O)OC(C)(C)C)C2)c(F)cc1O. The van der Waals surface area contributed by atoms with E-state index in [1.54, 1.807) is 27.7 Å². The number of rotatable bonds is 2. The number of nitrogens with zero attached hydrogens (tertiary/aromatic N) is 1. The average molecular weight is 338 g/mol. The van der Waals surface area contributed by atoms with E-state index in [4.69, 9.17) is 4.74 Å². The maximum Gasteiger partial charge on any atom is 0.407 e. The van der Waals surface area contributed by atoms with E-state index < -0.39 is 23.4 Å². The fourth-order valence-corrected chi connectivity index (χ4v) is 2.54. The lowest BCUT2D eigenvalue weighted by atomic mass is 10.1. The summed E-state index contributed by atoms with van der Waals surface area (Å²) in [5.74, 6) is -1.40. The first-order valence-corrected chi connectivity index (χ1v) is 7.85. The summed E-state index contributed by atoms with van der Waals surface area (Å²) in [6.07, 6.45) is 0.0392. The van der Waals surface area contributed by atoms with Crippen LogP contribution in [0.25, 0.3) is 0 Å². The van der Waals surface area contributed by atoms with Crippen LogP contribution < -0.4 is 5.32 Å². The highest BCUT2D eigenvalue weighted by molar-refractivity contribution is 5.95. The number of carbonyl (C=O) groups excluding carboxylic acids is 2. The first-order chi connectivity index (χ1) is 11.1. The topological polar surface area (TPSA) is 78.9 Å². The number of amides is 2. The van der Waals surface area contributed by atoms with Crippen molar-refractivity contribution in [1.82, 2.24) is 10.2 Å². The molecule has 7 heteroatoms. The molecule has 1 aliphatic heterocycles. The number of hydrogen-bond donors (Lipinski definition) is 2. The van der Waals surface area contributed by atoms with Gasteiger partial charge in [-0.1, -0.05) is 0 Å². The number of likely N-dealkylation sites (tertiary alicyclic amines) is 1.